The van der Waals surface area contributed by atoms with Crippen molar-refractivity contribution in [1.82, 2.24) is 0 Å². The first-order valence-corrected chi connectivity index (χ1v) is 6.92. The molecule has 0 radical (unpaired) electrons. The first-order chi connectivity index (χ1) is 5.68. The molecule has 0 aromatic rings. The molecule has 0 unspecified atom stereocenters. The van der Waals surface area contributed by atoms with Gasteiger partial charge in [-0.05, 0) is 26.4 Å². The molecule has 0 spiro atoms. The van der Waals surface area contributed by atoms with E-state index in [0.29, 0.717) is 19.6 Å². The summed E-state index contributed by atoms with van der Waals surface area (Å²) < 4.78 is 11.1. The summed E-state index contributed by atoms with van der Waals surface area (Å²) >= 11 is 0. The fourth-order valence-corrected chi connectivity index (χ4v) is 3.35. The van der Waals surface area contributed by atoms with Crippen LogP contribution in [-0.2, 0) is 13.6 Å². The van der Waals surface area contributed by atoms with E-state index in [2.05, 4.69) is 0 Å². The summed E-state index contributed by atoms with van der Waals surface area (Å²) in [6.45, 7) is 7.24. The molecule has 4 heteroatoms. The first-order valence-electron chi connectivity index (χ1n) is 4.40. The zero-order chi connectivity index (χ0) is 9.45. The molecule has 0 aliphatic rings. The van der Waals surface area contributed by atoms with Crippen LogP contribution in [0.25, 0.3) is 0 Å². The van der Waals surface area contributed by atoms with Gasteiger partial charge in [-0.3, -0.25) is 0 Å². The van der Waals surface area contributed by atoms with Gasteiger partial charge in [0.15, 0.2) is 0 Å². The predicted molar refractivity (Wildman–Crippen MR) is 50.4 cm³/mol. The summed E-state index contributed by atoms with van der Waals surface area (Å²) in [5.41, 5.74) is 0. The minimum Gasteiger partial charge on any atom is -0.395 e. The minimum atomic E-state index is -2.00. The number of carbonyl (C=O) groups is 1. The van der Waals surface area contributed by atoms with Crippen LogP contribution in [0.5, 0.6) is 0 Å². The van der Waals surface area contributed by atoms with Crippen LogP contribution in [0, 0.1) is 0 Å². The highest BCUT2D eigenvalue weighted by atomic mass is 28.4. The zero-order valence-electron chi connectivity index (χ0n) is 8.13. The number of rotatable bonds is 7. The van der Waals surface area contributed by atoms with E-state index in [4.69, 9.17) is 8.85 Å². The van der Waals surface area contributed by atoms with Gasteiger partial charge in [0.2, 0.25) is 0 Å². The van der Waals surface area contributed by atoms with E-state index < -0.39 is 8.56 Å². The van der Waals surface area contributed by atoms with Gasteiger partial charge in [-0.2, -0.15) is 0 Å². The van der Waals surface area contributed by atoms with Crippen molar-refractivity contribution in [3.63, 3.8) is 0 Å². The molecule has 12 heavy (non-hydrogen) atoms. The fourth-order valence-electron chi connectivity index (χ4n) is 1.12. The third kappa shape index (κ3) is 4.64. The highest BCUT2D eigenvalue weighted by Gasteiger charge is 2.29. The van der Waals surface area contributed by atoms with Gasteiger partial charge in [0, 0.05) is 19.6 Å². The molecule has 0 aliphatic carbocycles. The molecular formula is C8H18O3Si. The van der Waals surface area contributed by atoms with Gasteiger partial charge >= 0.3 is 8.56 Å². The maximum atomic E-state index is 10.2. The normalized spacial score (nSPS) is 11.6. The second-order valence-corrected chi connectivity index (χ2v) is 6.05. The Morgan fingerprint density at radius 1 is 1.25 bits per heavy atom. The molecule has 0 rings (SSSR count). The van der Waals surface area contributed by atoms with Gasteiger partial charge in [-0.25, -0.2) is 0 Å². The van der Waals surface area contributed by atoms with E-state index in [0.717, 1.165) is 12.3 Å². The van der Waals surface area contributed by atoms with Gasteiger partial charge in [-0.15, -0.1) is 0 Å². The van der Waals surface area contributed by atoms with Crippen molar-refractivity contribution >= 4 is 14.8 Å². The Kier molecular flexibility index (Phi) is 6.23. The highest BCUT2D eigenvalue weighted by molar-refractivity contribution is 6.66. The summed E-state index contributed by atoms with van der Waals surface area (Å²) in [5.74, 6) is 0. The Balaban J connectivity index is 3.88. The Labute approximate surface area is 75.3 Å². The lowest BCUT2D eigenvalue weighted by Gasteiger charge is -2.24. The van der Waals surface area contributed by atoms with Gasteiger partial charge in [0.25, 0.3) is 0 Å². The molecule has 0 heterocycles. The van der Waals surface area contributed by atoms with Gasteiger partial charge < -0.3 is 13.6 Å². The maximum Gasteiger partial charge on any atom is 0.335 e. The molecule has 0 bridgehead atoms. The molecule has 0 fully saturated rings. The van der Waals surface area contributed by atoms with Crippen LogP contribution in [0.3, 0.4) is 0 Å². The van der Waals surface area contributed by atoms with Crippen LogP contribution in [0.2, 0.25) is 12.6 Å². The van der Waals surface area contributed by atoms with E-state index >= 15 is 0 Å². The zero-order valence-corrected chi connectivity index (χ0v) is 9.13. The van der Waals surface area contributed by atoms with Crippen LogP contribution >= 0.6 is 0 Å². The standard InChI is InChI=1S/C8H18O3Si/c1-4-10-12(3,11-5-2)8-6-7-9/h7H,4-6,8H2,1-3H3. The molecule has 0 aliphatic heterocycles. The summed E-state index contributed by atoms with van der Waals surface area (Å²) in [6, 6.07) is 0.762. The Bertz CT molecular complexity index is 121. The Hall–Kier alpha value is -0.193. The van der Waals surface area contributed by atoms with Crippen LogP contribution in [0.4, 0.5) is 0 Å². The molecule has 0 aromatic heterocycles. The van der Waals surface area contributed by atoms with Crippen molar-refractivity contribution in [3.05, 3.63) is 0 Å². The van der Waals surface area contributed by atoms with Gasteiger partial charge in [0.05, 0.1) is 0 Å². The van der Waals surface area contributed by atoms with Crippen molar-refractivity contribution < 1.29 is 13.6 Å². The third-order valence-electron chi connectivity index (χ3n) is 1.62. The summed E-state index contributed by atoms with van der Waals surface area (Å²) in [5, 5.41) is 0. The average Bonchev–Trinajstić information content (AvgIpc) is 2.02. The molecule has 3 nitrogen and oxygen atoms in total. The molecule has 0 N–H and O–H groups in total. The number of hydrogen-bond donors (Lipinski definition) is 0. The van der Waals surface area contributed by atoms with Crippen molar-refractivity contribution in [3.8, 4) is 0 Å². The van der Waals surface area contributed by atoms with Crippen LogP contribution < -0.4 is 0 Å². The van der Waals surface area contributed by atoms with Crippen LogP contribution in [0.1, 0.15) is 20.3 Å². The molecular weight excluding hydrogens is 172 g/mol. The largest absolute Gasteiger partial charge is 0.395 e. The summed E-state index contributed by atoms with van der Waals surface area (Å²) in [7, 11) is -2.00. The molecule has 72 valence electrons. The van der Waals surface area contributed by atoms with E-state index in [-0.39, 0.29) is 0 Å². The fraction of sp³-hybridized carbons (Fsp3) is 0.875. The first kappa shape index (κ1) is 11.8. The number of carbonyl (C=O) groups excluding carboxylic acids is 1. The second kappa shape index (κ2) is 6.34. The van der Waals surface area contributed by atoms with Crippen molar-refractivity contribution in [1.29, 1.82) is 0 Å². The van der Waals surface area contributed by atoms with Crippen molar-refractivity contribution in [2.75, 3.05) is 13.2 Å². The van der Waals surface area contributed by atoms with Crippen LogP contribution in [-0.4, -0.2) is 28.1 Å². The molecule has 0 atom stereocenters. The minimum absolute atomic E-state index is 0.544. The Morgan fingerprint density at radius 3 is 2.08 bits per heavy atom. The highest BCUT2D eigenvalue weighted by Crippen LogP contribution is 2.14. The molecule has 0 saturated heterocycles. The topological polar surface area (TPSA) is 35.5 Å². The second-order valence-electron chi connectivity index (χ2n) is 2.71. The van der Waals surface area contributed by atoms with E-state index in [1.165, 1.54) is 0 Å². The van der Waals surface area contributed by atoms with Crippen molar-refractivity contribution in [2.45, 2.75) is 32.9 Å². The van der Waals surface area contributed by atoms with Crippen LogP contribution in [0.15, 0.2) is 0 Å². The molecule has 0 saturated carbocycles. The summed E-state index contributed by atoms with van der Waals surface area (Å²) in [6.07, 6.45) is 1.46. The predicted octanol–water partition coefficient (Wildman–Crippen LogP) is 1.72. The number of hydrogen-bond acceptors (Lipinski definition) is 3. The lowest BCUT2D eigenvalue weighted by Crippen LogP contribution is -2.38. The quantitative estimate of drug-likeness (QED) is 0.453. The van der Waals surface area contributed by atoms with E-state index in [1.807, 2.05) is 20.4 Å². The monoisotopic (exact) mass is 190 g/mol. The average molecular weight is 190 g/mol. The van der Waals surface area contributed by atoms with Gasteiger partial charge in [0.1, 0.15) is 6.29 Å². The molecule has 0 amide bonds. The van der Waals surface area contributed by atoms with Gasteiger partial charge in [-0.1, -0.05) is 0 Å². The van der Waals surface area contributed by atoms with Crippen molar-refractivity contribution in [2.24, 2.45) is 0 Å². The van der Waals surface area contributed by atoms with E-state index in [1.54, 1.807) is 0 Å². The number of aldehydes is 1. The smallest absolute Gasteiger partial charge is 0.335 e. The lowest BCUT2D eigenvalue weighted by molar-refractivity contribution is -0.107. The molecule has 0 aromatic carbocycles. The maximum absolute atomic E-state index is 10.2. The Morgan fingerprint density at radius 2 is 1.75 bits per heavy atom. The lowest BCUT2D eigenvalue weighted by atomic mass is 10.6. The van der Waals surface area contributed by atoms with E-state index in [9.17, 15) is 4.79 Å². The third-order valence-corrected chi connectivity index (χ3v) is 4.61. The summed E-state index contributed by atoms with van der Waals surface area (Å²) in [4.78, 5) is 10.2. The SMILES string of the molecule is CCO[Si](C)(CCC=O)OCC.